The average Bonchev–Trinajstić information content (AvgIpc) is 2.62. The van der Waals surface area contributed by atoms with Crippen molar-refractivity contribution in [3.8, 4) is 0 Å². The van der Waals surface area contributed by atoms with Crippen molar-refractivity contribution < 1.29 is 4.79 Å². The molecule has 0 aliphatic heterocycles. The summed E-state index contributed by atoms with van der Waals surface area (Å²) < 4.78 is 0. The van der Waals surface area contributed by atoms with E-state index in [0.717, 1.165) is 5.69 Å². The minimum atomic E-state index is -0.100. The van der Waals surface area contributed by atoms with Crippen LogP contribution < -0.4 is 5.32 Å². The Balaban J connectivity index is 2.56. The summed E-state index contributed by atoms with van der Waals surface area (Å²) in [4.78, 5) is 15.6. The number of nitrogens with one attached hydrogen (secondary N) is 1. The summed E-state index contributed by atoms with van der Waals surface area (Å²) in [6.45, 7) is 8.38. The number of rotatable bonds is 4. The molecule has 0 aliphatic rings. The van der Waals surface area contributed by atoms with Crippen LogP contribution in [0.3, 0.4) is 0 Å². The topological polar surface area (TPSA) is 42.0 Å². The number of carbonyl (C=O) groups is 1. The smallest absolute Gasteiger partial charge is 0.280 e. The van der Waals surface area contributed by atoms with Crippen LogP contribution in [-0.4, -0.2) is 17.4 Å². The summed E-state index contributed by atoms with van der Waals surface area (Å²) in [7, 11) is 0. The van der Waals surface area contributed by atoms with E-state index in [0.29, 0.717) is 17.5 Å². The second-order valence-electron chi connectivity index (χ2n) is 3.39. The van der Waals surface area contributed by atoms with Crippen LogP contribution in [0.4, 0.5) is 0 Å². The van der Waals surface area contributed by atoms with E-state index in [2.05, 4.69) is 30.7 Å². The van der Waals surface area contributed by atoms with Gasteiger partial charge in [0.25, 0.3) is 5.91 Å². The van der Waals surface area contributed by atoms with Crippen molar-refractivity contribution in [2.24, 2.45) is 5.92 Å². The molecule has 1 amide bonds. The van der Waals surface area contributed by atoms with Gasteiger partial charge in [-0.05, 0) is 12.0 Å². The van der Waals surface area contributed by atoms with Gasteiger partial charge in [0, 0.05) is 11.9 Å². The Morgan fingerprint density at radius 1 is 1.79 bits per heavy atom. The number of carbonyl (C=O) groups excluding carboxylic acids is 1. The van der Waals surface area contributed by atoms with Gasteiger partial charge < -0.3 is 5.32 Å². The second-order valence-corrected chi connectivity index (χ2v) is 4.24. The van der Waals surface area contributed by atoms with Gasteiger partial charge in [0.2, 0.25) is 0 Å². The number of hydrogen-bond donors (Lipinski definition) is 1. The van der Waals surface area contributed by atoms with Gasteiger partial charge in [0.1, 0.15) is 0 Å². The van der Waals surface area contributed by atoms with Gasteiger partial charge in [-0.25, -0.2) is 4.98 Å². The molecule has 0 unspecified atom stereocenters. The quantitative estimate of drug-likeness (QED) is 0.827. The first-order chi connectivity index (χ1) is 6.63. The monoisotopic (exact) mass is 210 g/mol. The maximum atomic E-state index is 11.5. The number of aromatic nitrogens is 1. The lowest BCUT2D eigenvalue weighted by atomic mass is 10.2. The Hall–Kier alpha value is -1.16. The summed E-state index contributed by atoms with van der Waals surface area (Å²) in [6.07, 6.45) is 1.63. The molecule has 0 spiro atoms. The molecule has 76 valence electrons. The molecule has 0 saturated carbocycles. The van der Waals surface area contributed by atoms with E-state index in [1.807, 2.05) is 5.38 Å². The van der Waals surface area contributed by atoms with E-state index in [-0.39, 0.29) is 5.91 Å². The molecule has 14 heavy (non-hydrogen) atoms. The van der Waals surface area contributed by atoms with Crippen molar-refractivity contribution in [1.82, 2.24) is 10.3 Å². The van der Waals surface area contributed by atoms with Crippen LogP contribution in [0.5, 0.6) is 0 Å². The largest absolute Gasteiger partial charge is 0.350 e. The van der Waals surface area contributed by atoms with Crippen LogP contribution in [0.15, 0.2) is 12.0 Å². The van der Waals surface area contributed by atoms with Crippen molar-refractivity contribution in [2.45, 2.75) is 13.8 Å². The van der Waals surface area contributed by atoms with Gasteiger partial charge >= 0.3 is 0 Å². The van der Waals surface area contributed by atoms with E-state index in [4.69, 9.17) is 0 Å². The summed E-state index contributed by atoms with van der Waals surface area (Å²) in [5, 5.41) is 5.13. The standard InChI is InChI=1S/C10H14N2OS/c1-4-8-6-14-10(12-8)9(13)11-5-7(2)3/h4,6-7H,1,5H2,2-3H3,(H,11,13). The van der Waals surface area contributed by atoms with Crippen molar-refractivity contribution in [1.29, 1.82) is 0 Å². The SMILES string of the molecule is C=Cc1csc(C(=O)NCC(C)C)n1. The summed E-state index contributed by atoms with van der Waals surface area (Å²) in [5.74, 6) is 0.356. The van der Waals surface area contributed by atoms with Crippen molar-refractivity contribution >= 4 is 23.3 Å². The molecule has 0 fully saturated rings. The number of hydrogen-bond acceptors (Lipinski definition) is 3. The zero-order chi connectivity index (χ0) is 10.6. The Morgan fingerprint density at radius 2 is 2.50 bits per heavy atom. The lowest BCUT2D eigenvalue weighted by molar-refractivity contribution is 0.0948. The lowest BCUT2D eigenvalue weighted by Crippen LogP contribution is -2.27. The molecule has 4 heteroatoms. The molecule has 1 heterocycles. The third-order valence-electron chi connectivity index (χ3n) is 1.60. The highest BCUT2D eigenvalue weighted by Crippen LogP contribution is 2.10. The molecular formula is C10H14N2OS. The molecule has 1 aromatic heterocycles. The molecule has 1 rings (SSSR count). The highest BCUT2D eigenvalue weighted by molar-refractivity contribution is 7.11. The fourth-order valence-electron chi connectivity index (χ4n) is 0.857. The molecule has 3 nitrogen and oxygen atoms in total. The number of nitrogens with zero attached hydrogens (tertiary/aromatic N) is 1. The fraction of sp³-hybridized carbons (Fsp3) is 0.400. The van der Waals surface area contributed by atoms with Gasteiger partial charge in [0.15, 0.2) is 5.01 Å². The summed E-state index contributed by atoms with van der Waals surface area (Å²) in [5.41, 5.74) is 0.754. The van der Waals surface area contributed by atoms with Gasteiger partial charge in [-0.1, -0.05) is 20.4 Å². The second kappa shape index (κ2) is 4.91. The summed E-state index contributed by atoms with van der Waals surface area (Å²) in [6, 6.07) is 0. The third kappa shape index (κ3) is 2.96. The van der Waals surface area contributed by atoms with Crippen LogP contribution in [0.1, 0.15) is 29.3 Å². The molecule has 0 aromatic carbocycles. The Kier molecular flexibility index (Phi) is 3.83. The first-order valence-corrected chi connectivity index (χ1v) is 5.37. The molecule has 0 atom stereocenters. The third-order valence-corrected chi connectivity index (χ3v) is 2.46. The van der Waals surface area contributed by atoms with E-state index < -0.39 is 0 Å². The molecule has 0 saturated heterocycles. The van der Waals surface area contributed by atoms with E-state index in [1.54, 1.807) is 6.08 Å². The lowest BCUT2D eigenvalue weighted by Gasteiger charge is -2.04. The molecule has 0 radical (unpaired) electrons. The van der Waals surface area contributed by atoms with Gasteiger partial charge in [0.05, 0.1) is 5.69 Å². The van der Waals surface area contributed by atoms with Crippen molar-refractivity contribution in [3.05, 3.63) is 22.7 Å². The van der Waals surface area contributed by atoms with Crippen LogP contribution in [0.2, 0.25) is 0 Å². The Labute approximate surface area is 87.9 Å². The van der Waals surface area contributed by atoms with Gasteiger partial charge in [-0.2, -0.15) is 0 Å². The van der Waals surface area contributed by atoms with Crippen molar-refractivity contribution in [2.75, 3.05) is 6.54 Å². The minimum Gasteiger partial charge on any atom is -0.350 e. The average molecular weight is 210 g/mol. The maximum Gasteiger partial charge on any atom is 0.280 e. The molecule has 0 aliphatic carbocycles. The molecule has 1 N–H and O–H groups in total. The highest BCUT2D eigenvalue weighted by Gasteiger charge is 2.09. The Bertz CT molecular complexity index is 331. The molecule has 0 bridgehead atoms. The number of amides is 1. The maximum absolute atomic E-state index is 11.5. The van der Waals surface area contributed by atoms with E-state index >= 15 is 0 Å². The normalized spacial score (nSPS) is 10.2. The summed E-state index contributed by atoms with van der Waals surface area (Å²) >= 11 is 1.34. The van der Waals surface area contributed by atoms with Crippen LogP contribution in [0.25, 0.3) is 6.08 Å². The van der Waals surface area contributed by atoms with Gasteiger partial charge in [-0.3, -0.25) is 4.79 Å². The van der Waals surface area contributed by atoms with Crippen LogP contribution in [0, 0.1) is 5.92 Å². The zero-order valence-corrected chi connectivity index (χ0v) is 9.23. The van der Waals surface area contributed by atoms with Crippen LogP contribution >= 0.6 is 11.3 Å². The Morgan fingerprint density at radius 3 is 3.00 bits per heavy atom. The fourth-order valence-corrected chi connectivity index (χ4v) is 1.58. The van der Waals surface area contributed by atoms with E-state index in [9.17, 15) is 4.79 Å². The van der Waals surface area contributed by atoms with E-state index in [1.165, 1.54) is 11.3 Å². The predicted octanol–water partition coefficient (Wildman–Crippen LogP) is 2.17. The zero-order valence-electron chi connectivity index (χ0n) is 8.41. The van der Waals surface area contributed by atoms with Crippen molar-refractivity contribution in [3.63, 3.8) is 0 Å². The molecular weight excluding hydrogens is 196 g/mol. The minimum absolute atomic E-state index is 0.100. The molecule has 1 aromatic rings. The predicted molar refractivity (Wildman–Crippen MR) is 59.4 cm³/mol. The first kappa shape index (κ1) is 10.9. The number of thiazole rings is 1. The van der Waals surface area contributed by atoms with Crippen LogP contribution in [-0.2, 0) is 0 Å². The first-order valence-electron chi connectivity index (χ1n) is 4.49. The highest BCUT2D eigenvalue weighted by atomic mass is 32.1. The van der Waals surface area contributed by atoms with Gasteiger partial charge in [-0.15, -0.1) is 11.3 Å².